The van der Waals surface area contributed by atoms with Crippen molar-refractivity contribution in [2.24, 2.45) is 0 Å². The van der Waals surface area contributed by atoms with Gasteiger partial charge in [-0.1, -0.05) is 26.2 Å². The first kappa shape index (κ1) is 10.2. The van der Waals surface area contributed by atoms with E-state index in [0.29, 0.717) is 6.42 Å². The second-order valence-corrected chi connectivity index (χ2v) is 2.87. The zero-order chi connectivity index (χ0) is 7.82. The van der Waals surface area contributed by atoms with Crippen LogP contribution in [0.25, 0.3) is 0 Å². The van der Waals surface area contributed by atoms with Crippen LogP contribution in [0.5, 0.6) is 0 Å². The molecule has 0 aromatic rings. The predicted octanol–water partition coefficient (Wildman–Crippen LogP) is 2.42. The summed E-state index contributed by atoms with van der Waals surface area (Å²) in [6, 6.07) is 0. The Hall–Kier alpha value is 0.200. The van der Waals surface area contributed by atoms with Crippen LogP contribution in [0.1, 0.15) is 39.0 Å². The second-order valence-electron chi connectivity index (χ2n) is 2.33. The monoisotopic (exact) mass is 255 g/mol. The van der Waals surface area contributed by atoms with Crippen molar-refractivity contribution in [3.8, 4) is 0 Å². The lowest BCUT2D eigenvalue weighted by Gasteiger charge is -1.96. The molecular weight excluding hydrogens is 241 g/mol. The van der Waals surface area contributed by atoms with E-state index in [1.54, 1.807) is 0 Å². The van der Waals surface area contributed by atoms with Gasteiger partial charge in [0.1, 0.15) is 0 Å². The van der Waals surface area contributed by atoms with Gasteiger partial charge in [-0.25, -0.2) is 0 Å². The summed E-state index contributed by atoms with van der Waals surface area (Å²) in [6.45, 7) is 2.17. The molecule has 0 bridgehead atoms. The van der Waals surface area contributed by atoms with Crippen molar-refractivity contribution in [2.75, 3.05) is 0 Å². The van der Waals surface area contributed by atoms with E-state index < -0.39 is 0 Å². The van der Waals surface area contributed by atoms with Crippen LogP contribution in [-0.4, -0.2) is 5.91 Å². The van der Waals surface area contributed by atoms with Crippen molar-refractivity contribution < 1.29 is 4.79 Å². The Labute approximate surface area is 76.3 Å². The molecule has 0 saturated carbocycles. The molecule has 0 aliphatic heterocycles. The molecule has 0 atom stereocenters. The van der Waals surface area contributed by atoms with Gasteiger partial charge < -0.3 is 0 Å². The summed E-state index contributed by atoms with van der Waals surface area (Å²) < 4.78 is 2.57. The van der Waals surface area contributed by atoms with E-state index >= 15 is 0 Å². The van der Waals surface area contributed by atoms with Crippen LogP contribution < -0.4 is 3.53 Å². The topological polar surface area (TPSA) is 29.1 Å². The maximum Gasteiger partial charge on any atom is 0.228 e. The van der Waals surface area contributed by atoms with Crippen molar-refractivity contribution >= 4 is 28.8 Å². The summed E-state index contributed by atoms with van der Waals surface area (Å²) >= 11 is 1.87. The number of hydrogen-bond donors (Lipinski definition) is 1. The number of carbonyl (C=O) groups excluding carboxylic acids is 1. The molecule has 0 radical (unpaired) electrons. The van der Waals surface area contributed by atoms with Crippen molar-refractivity contribution in [3.63, 3.8) is 0 Å². The van der Waals surface area contributed by atoms with Crippen LogP contribution in [-0.2, 0) is 4.79 Å². The van der Waals surface area contributed by atoms with Crippen molar-refractivity contribution in [1.29, 1.82) is 0 Å². The number of hydrogen-bond acceptors (Lipinski definition) is 1. The van der Waals surface area contributed by atoms with Gasteiger partial charge >= 0.3 is 0 Å². The smallest absolute Gasteiger partial charge is 0.228 e. The van der Waals surface area contributed by atoms with E-state index in [2.05, 4.69) is 10.5 Å². The van der Waals surface area contributed by atoms with E-state index in [4.69, 9.17) is 0 Å². The molecular formula is C7H14INO. The third kappa shape index (κ3) is 6.32. The number of amides is 1. The minimum absolute atomic E-state index is 0.150. The summed E-state index contributed by atoms with van der Waals surface area (Å²) in [6.07, 6.45) is 5.37. The highest BCUT2D eigenvalue weighted by molar-refractivity contribution is 14.1. The SMILES string of the molecule is CCCCCCC(=O)NI. The van der Waals surface area contributed by atoms with Crippen LogP contribution in [0, 0.1) is 0 Å². The number of carbonyl (C=O) groups is 1. The summed E-state index contributed by atoms with van der Waals surface area (Å²) in [5.41, 5.74) is 0. The minimum atomic E-state index is 0.150. The zero-order valence-electron chi connectivity index (χ0n) is 6.32. The van der Waals surface area contributed by atoms with Crippen LogP contribution in [0.4, 0.5) is 0 Å². The Morgan fingerprint density at radius 3 is 2.60 bits per heavy atom. The molecule has 0 aliphatic rings. The van der Waals surface area contributed by atoms with Crippen LogP contribution in [0.2, 0.25) is 0 Å². The molecule has 0 heterocycles. The fourth-order valence-electron chi connectivity index (χ4n) is 0.760. The average molecular weight is 255 g/mol. The highest BCUT2D eigenvalue weighted by Gasteiger charge is 1.96. The quantitative estimate of drug-likeness (QED) is 0.456. The summed E-state index contributed by atoms with van der Waals surface area (Å²) in [5, 5.41) is 0. The van der Waals surface area contributed by atoms with Crippen LogP contribution >= 0.6 is 22.9 Å². The zero-order valence-corrected chi connectivity index (χ0v) is 8.48. The highest BCUT2D eigenvalue weighted by atomic mass is 127. The molecule has 0 spiro atoms. The maximum absolute atomic E-state index is 10.7. The van der Waals surface area contributed by atoms with Gasteiger partial charge in [0.25, 0.3) is 0 Å². The van der Waals surface area contributed by atoms with Crippen molar-refractivity contribution in [1.82, 2.24) is 3.53 Å². The highest BCUT2D eigenvalue weighted by Crippen LogP contribution is 2.01. The fourth-order valence-corrected chi connectivity index (χ4v) is 1.03. The van der Waals surface area contributed by atoms with Gasteiger partial charge in [0.2, 0.25) is 5.91 Å². The third-order valence-electron chi connectivity index (χ3n) is 1.36. The standard InChI is InChI=1S/C7H14INO/c1-2-3-4-5-6-7(10)9-8/h2-6H2,1H3,(H,9,10). The first-order valence-electron chi connectivity index (χ1n) is 3.70. The minimum Gasteiger partial charge on any atom is -0.299 e. The Morgan fingerprint density at radius 2 is 2.10 bits per heavy atom. The molecule has 0 rings (SSSR count). The molecule has 1 amide bonds. The van der Waals surface area contributed by atoms with E-state index in [0.717, 1.165) is 6.42 Å². The summed E-state index contributed by atoms with van der Waals surface area (Å²) in [7, 11) is 0. The van der Waals surface area contributed by atoms with Gasteiger partial charge in [-0.15, -0.1) is 0 Å². The van der Waals surface area contributed by atoms with Crippen molar-refractivity contribution in [2.45, 2.75) is 39.0 Å². The molecule has 0 saturated heterocycles. The first-order chi connectivity index (χ1) is 4.81. The van der Waals surface area contributed by atoms with E-state index in [1.165, 1.54) is 19.3 Å². The first-order valence-corrected chi connectivity index (χ1v) is 4.78. The van der Waals surface area contributed by atoms with Gasteiger partial charge in [0.05, 0.1) is 22.9 Å². The molecule has 10 heavy (non-hydrogen) atoms. The maximum atomic E-state index is 10.7. The number of rotatable bonds is 5. The lowest BCUT2D eigenvalue weighted by atomic mass is 10.1. The number of unbranched alkanes of at least 4 members (excludes halogenated alkanes) is 3. The van der Waals surface area contributed by atoms with Gasteiger partial charge in [-0.3, -0.25) is 8.32 Å². The van der Waals surface area contributed by atoms with E-state index in [-0.39, 0.29) is 5.91 Å². The molecule has 1 N–H and O–H groups in total. The Kier molecular flexibility index (Phi) is 7.45. The summed E-state index contributed by atoms with van der Waals surface area (Å²) in [5.74, 6) is 0.150. The van der Waals surface area contributed by atoms with Gasteiger partial charge in [-0.2, -0.15) is 0 Å². The van der Waals surface area contributed by atoms with E-state index in [9.17, 15) is 4.79 Å². The normalized spacial score (nSPS) is 9.40. The molecule has 0 unspecified atom stereocenters. The summed E-state index contributed by atoms with van der Waals surface area (Å²) in [4.78, 5) is 10.7. The third-order valence-corrected chi connectivity index (χ3v) is 1.96. The predicted molar refractivity (Wildman–Crippen MR) is 50.9 cm³/mol. The number of nitrogens with one attached hydrogen (secondary N) is 1. The van der Waals surface area contributed by atoms with Crippen LogP contribution in [0.3, 0.4) is 0 Å². The van der Waals surface area contributed by atoms with Gasteiger partial charge in [-0.05, 0) is 6.42 Å². The second kappa shape index (κ2) is 7.31. The Balaban J connectivity index is 2.96. The van der Waals surface area contributed by atoms with Gasteiger partial charge in [0, 0.05) is 6.42 Å². The van der Waals surface area contributed by atoms with E-state index in [1.807, 2.05) is 22.9 Å². The Bertz CT molecular complexity index is 95.6. The van der Waals surface area contributed by atoms with Crippen molar-refractivity contribution in [3.05, 3.63) is 0 Å². The molecule has 2 nitrogen and oxygen atoms in total. The molecule has 60 valence electrons. The molecule has 0 aromatic heterocycles. The molecule has 0 aromatic carbocycles. The molecule has 0 fully saturated rings. The fraction of sp³-hybridized carbons (Fsp3) is 0.857. The Morgan fingerprint density at radius 1 is 1.40 bits per heavy atom. The molecule has 3 heteroatoms. The number of halogens is 1. The lowest BCUT2D eigenvalue weighted by Crippen LogP contribution is -2.10. The average Bonchev–Trinajstić information content (AvgIpc) is 1.98. The largest absolute Gasteiger partial charge is 0.299 e. The lowest BCUT2D eigenvalue weighted by molar-refractivity contribution is -0.118. The van der Waals surface area contributed by atoms with Crippen LogP contribution in [0.15, 0.2) is 0 Å². The molecule has 0 aliphatic carbocycles. The van der Waals surface area contributed by atoms with Gasteiger partial charge in [0.15, 0.2) is 0 Å².